The summed E-state index contributed by atoms with van der Waals surface area (Å²) in [6, 6.07) is 1.83. The van der Waals surface area contributed by atoms with E-state index in [1.165, 1.54) is 0 Å². The first-order valence-corrected chi connectivity index (χ1v) is 7.38. The summed E-state index contributed by atoms with van der Waals surface area (Å²) in [5.74, 6) is 1.88. The zero-order valence-corrected chi connectivity index (χ0v) is 13.0. The van der Waals surface area contributed by atoms with E-state index in [-0.39, 0.29) is 5.91 Å². The number of carbonyl (C=O) groups is 1. The Hall–Kier alpha value is -2.44. The Bertz CT molecular complexity index is 710. The van der Waals surface area contributed by atoms with Gasteiger partial charge in [-0.15, -0.1) is 0 Å². The molecule has 1 amide bonds. The van der Waals surface area contributed by atoms with Crippen LogP contribution in [0.3, 0.4) is 0 Å². The average molecular weight is 301 g/mol. The van der Waals surface area contributed by atoms with Crippen molar-refractivity contribution >= 4 is 5.91 Å². The van der Waals surface area contributed by atoms with Crippen molar-refractivity contribution in [3.05, 3.63) is 35.0 Å². The SMILES string of the molecule is CCOc1nccc(C)c1C(=O)N1CCn2nc(C)nc2C1. The number of hydrogen-bond acceptors (Lipinski definition) is 5. The van der Waals surface area contributed by atoms with Crippen LogP contribution >= 0.6 is 0 Å². The van der Waals surface area contributed by atoms with E-state index in [9.17, 15) is 4.79 Å². The molecule has 0 aliphatic carbocycles. The molecule has 3 rings (SSSR count). The van der Waals surface area contributed by atoms with Crippen LogP contribution in [0.4, 0.5) is 0 Å². The van der Waals surface area contributed by atoms with Crippen molar-refractivity contribution in [1.82, 2.24) is 24.6 Å². The Morgan fingerprint density at radius 2 is 2.18 bits per heavy atom. The van der Waals surface area contributed by atoms with Gasteiger partial charge in [0.25, 0.3) is 5.91 Å². The van der Waals surface area contributed by atoms with Crippen LogP contribution in [-0.4, -0.2) is 43.7 Å². The van der Waals surface area contributed by atoms with E-state index in [0.717, 1.165) is 17.2 Å². The van der Waals surface area contributed by atoms with Gasteiger partial charge in [0.05, 0.1) is 19.7 Å². The monoisotopic (exact) mass is 301 g/mol. The molecule has 116 valence electrons. The lowest BCUT2D eigenvalue weighted by Crippen LogP contribution is -2.39. The lowest BCUT2D eigenvalue weighted by molar-refractivity contribution is 0.0696. The summed E-state index contributed by atoms with van der Waals surface area (Å²) in [5.41, 5.74) is 1.40. The maximum Gasteiger partial charge on any atom is 0.260 e. The second kappa shape index (κ2) is 5.75. The van der Waals surface area contributed by atoms with Crippen LogP contribution in [0.5, 0.6) is 5.88 Å². The van der Waals surface area contributed by atoms with Gasteiger partial charge in [0.15, 0.2) is 0 Å². The standard InChI is InChI=1S/C15H19N5O2/c1-4-22-14-13(10(2)5-6-16-14)15(21)19-7-8-20-12(9-19)17-11(3)18-20/h5-6H,4,7-9H2,1-3H3. The van der Waals surface area contributed by atoms with Gasteiger partial charge in [-0.1, -0.05) is 0 Å². The van der Waals surface area contributed by atoms with Crippen molar-refractivity contribution in [2.75, 3.05) is 13.2 Å². The Kier molecular flexibility index (Phi) is 3.79. The fourth-order valence-corrected chi connectivity index (χ4v) is 2.63. The van der Waals surface area contributed by atoms with Crippen LogP contribution in [0.2, 0.25) is 0 Å². The van der Waals surface area contributed by atoms with Gasteiger partial charge < -0.3 is 9.64 Å². The minimum atomic E-state index is -0.0686. The molecule has 0 unspecified atom stereocenters. The van der Waals surface area contributed by atoms with E-state index in [2.05, 4.69) is 15.1 Å². The first-order valence-electron chi connectivity index (χ1n) is 7.38. The molecule has 7 nitrogen and oxygen atoms in total. The average Bonchev–Trinajstić information content (AvgIpc) is 2.86. The first-order chi connectivity index (χ1) is 10.6. The summed E-state index contributed by atoms with van der Waals surface area (Å²) >= 11 is 0. The summed E-state index contributed by atoms with van der Waals surface area (Å²) in [4.78, 5) is 23.2. The lowest BCUT2D eigenvalue weighted by atomic mass is 10.1. The van der Waals surface area contributed by atoms with E-state index in [1.54, 1.807) is 11.1 Å². The molecule has 0 radical (unpaired) electrons. The van der Waals surface area contributed by atoms with Gasteiger partial charge in [-0.3, -0.25) is 4.79 Å². The Morgan fingerprint density at radius 3 is 2.95 bits per heavy atom. The van der Waals surface area contributed by atoms with Crippen LogP contribution in [0.1, 0.15) is 34.5 Å². The quantitative estimate of drug-likeness (QED) is 0.855. The highest BCUT2D eigenvalue weighted by atomic mass is 16.5. The molecular formula is C15H19N5O2. The van der Waals surface area contributed by atoms with Crippen molar-refractivity contribution < 1.29 is 9.53 Å². The molecule has 0 bridgehead atoms. The van der Waals surface area contributed by atoms with Crippen molar-refractivity contribution in [3.63, 3.8) is 0 Å². The van der Waals surface area contributed by atoms with E-state index in [4.69, 9.17) is 4.74 Å². The Labute approximate surface area is 128 Å². The molecule has 0 fully saturated rings. The number of amides is 1. The van der Waals surface area contributed by atoms with E-state index in [0.29, 0.717) is 37.7 Å². The molecule has 1 aliphatic heterocycles. The molecule has 7 heteroatoms. The molecule has 3 heterocycles. The third kappa shape index (κ3) is 2.54. The fourth-order valence-electron chi connectivity index (χ4n) is 2.63. The van der Waals surface area contributed by atoms with Crippen LogP contribution in [0.25, 0.3) is 0 Å². The molecule has 22 heavy (non-hydrogen) atoms. The predicted octanol–water partition coefficient (Wildman–Crippen LogP) is 1.34. The molecular weight excluding hydrogens is 282 g/mol. The third-order valence-electron chi connectivity index (χ3n) is 3.67. The first kappa shape index (κ1) is 14.5. The number of rotatable bonds is 3. The second-order valence-corrected chi connectivity index (χ2v) is 5.27. The maximum atomic E-state index is 12.9. The van der Waals surface area contributed by atoms with E-state index < -0.39 is 0 Å². The van der Waals surface area contributed by atoms with Crippen LogP contribution in [0, 0.1) is 13.8 Å². The normalized spacial score (nSPS) is 13.9. The molecule has 0 spiro atoms. The number of ether oxygens (including phenoxy) is 1. The summed E-state index contributed by atoms with van der Waals surface area (Å²) in [6.07, 6.45) is 1.66. The topological polar surface area (TPSA) is 73.1 Å². The van der Waals surface area contributed by atoms with Gasteiger partial charge in [-0.05, 0) is 32.4 Å². The zero-order valence-electron chi connectivity index (χ0n) is 13.0. The Balaban J connectivity index is 1.89. The van der Waals surface area contributed by atoms with Crippen molar-refractivity contribution in [2.45, 2.75) is 33.9 Å². The number of carbonyl (C=O) groups excluding carboxylic acids is 1. The molecule has 2 aromatic heterocycles. The number of fused-ring (bicyclic) bond motifs is 1. The number of aromatic nitrogens is 4. The van der Waals surface area contributed by atoms with Gasteiger partial charge in [0.2, 0.25) is 5.88 Å². The maximum absolute atomic E-state index is 12.9. The fraction of sp³-hybridized carbons (Fsp3) is 0.467. The van der Waals surface area contributed by atoms with Crippen LogP contribution in [0.15, 0.2) is 12.3 Å². The predicted molar refractivity (Wildman–Crippen MR) is 79.6 cm³/mol. The largest absolute Gasteiger partial charge is 0.477 e. The highest BCUT2D eigenvalue weighted by molar-refractivity contribution is 5.97. The molecule has 0 saturated heterocycles. The highest BCUT2D eigenvalue weighted by Crippen LogP contribution is 2.23. The van der Waals surface area contributed by atoms with E-state index in [1.807, 2.05) is 31.5 Å². The van der Waals surface area contributed by atoms with Gasteiger partial charge in [-0.2, -0.15) is 5.10 Å². The third-order valence-corrected chi connectivity index (χ3v) is 3.67. The van der Waals surface area contributed by atoms with Crippen molar-refractivity contribution in [3.8, 4) is 5.88 Å². The number of hydrogen-bond donors (Lipinski definition) is 0. The zero-order chi connectivity index (χ0) is 15.7. The summed E-state index contributed by atoms with van der Waals surface area (Å²) in [6.45, 7) is 7.83. The number of aryl methyl sites for hydroxylation is 2. The van der Waals surface area contributed by atoms with Crippen molar-refractivity contribution in [2.24, 2.45) is 0 Å². The molecule has 0 atom stereocenters. The number of pyridine rings is 1. The minimum Gasteiger partial charge on any atom is -0.477 e. The van der Waals surface area contributed by atoms with Crippen LogP contribution < -0.4 is 4.74 Å². The second-order valence-electron chi connectivity index (χ2n) is 5.27. The lowest BCUT2D eigenvalue weighted by Gasteiger charge is -2.27. The summed E-state index contributed by atoms with van der Waals surface area (Å²) in [7, 11) is 0. The summed E-state index contributed by atoms with van der Waals surface area (Å²) in [5, 5.41) is 4.31. The van der Waals surface area contributed by atoms with Gasteiger partial charge in [0, 0.05) is 12.7 Å². The minimum absolute atomic E-state index is 0.0686. The molecule has 1 aliphatic rings. The highest BCUT2D eigenvalue weighted by Gasteiger charge is 2.27. The van der Waals surface area contributed by atoms with Gasteiger partial charge in [-0.25, -0.2) is 14.6 Å². The van der Waals surface area contributed by atoms with E-state index >= 15 is 0 Å². The molecule has 0 saturated carbocycles. The molecule has 2 aromatic rings. The number of nitrogens with zero attached hydrogens (tertiary/aromatic N) is 5. The van der Waals surface area contributed by atoms with Crippen LogP contribution in [-0.2, 0) is 13.1 Å². The van der Waals surface area contributed by atoms with Gasteiger partial charge >= 0.3 is 0 Å². The van der Waals surface area contributed by atoms with Gasteiger partial charge in [0.1, 0.15) is 17.2 Å². The molecule has 0 aromatic carbocycles. The molecule has 0 N–H and O–H groups in total. The Morgan fingerprint density at radius 1 is 1.36 bits per heavy atom. The smallest absolute Gasteiger partial charge is 0.260 e. The summed E-state index contributed by atoms with van der Waals surface area (Å²) < 4.78 is 7.37. The van der Waals surface area contributed by atoms with Crippen molar-refractivity contribution in [1.29, 1.82) is 0 Å².